The van der Waals surface area contributed by atoms with E-state index in [1.165, 1.54) is 0 Å². The lowest BCUT2D eigenvalue weighted by atomic mass is 9.95. The summed E-state index contributed by atoms with van der Waals surface area (Å²) < 4.78 is 26.9. The van der Waals surface area contributed by atoms with Gasteiger partial charge in [-0.1, -0.05) is 36.4 Å². The minimum Gasteiger partial charge on any atom is -0.426 e. The Bertz CT molecular complexity index is 842. The van der Waals surface area contributed by atoms with Gasteiger partial charge in [-0.3, -0.25) is 4.79 Å². The van der Waals surface area contributed by atoms with Crippen molar-refractivity contribution in [2.75, 3.05) is 39.6 Å². The fourth-order valence-corrected chi connectivity index (χ4v) is 2.79. The van der Waals surface area contributed by atoms with E-state index in [2.05, 4.69) is 0 Å². The monoisotopic (exact) mass is 460 g/mol. The molecule has 0 saturated heterocycles. The summed E-state index contributed by atoms with van der Waals surface area (Å²) in [5.74, 6) is -1.11. The van der Waals surface area contributed by atoms with Crippen LogP contribution in [0.3, 0.4) is 0 Å². The molecule has 1 atom stereocenters. The molecule has 9 nitrogen and oxygen atoms in total. The van der Waals surface area contributed by atoms with Gasteiger partial charge < -0.3 is 33.6 Å². The molecule has 0 aromatic heterocycles. The van der Waals surface area contributed by atoms with Gasteiger partial charge in [-0.25, -0.2) is 4.79 Å². The van der Waals surface area contributed by atoms with Crippen LogP contribution in [0, 0.1) is 0 Å². The first-order valence-electron chi connectivity index (χ1n) is 10.5. The second-order valence-electron chi connectivity index (χ2n) is 6.83. The van der Waals surface area contributed by atoms with E-state index in [1.54, 1.807) is 60.7 Å². The van der Waals surface area contributed by atoms with Crippen molar-refractivity contribution in [1.82, 2.24) is 0 Å². The highest BCUT2D eigenvalue weighted by atomic mass is 16.6. The average Bonchev–Trinajstić information content (AvgIpc) is 2.82. The van der Waals surface area contributed by atoms with Crippen LogP contribution in [0.1, 0.15) is 12.8 Å². The van der Waals surface area contributed by atoms with Crippen molar-refractivity contribution in [3.05, 3.63) is 60.7 Å². The Morgan fingerprint density at radius 2 is 1.33 bits per heavy atom. The summed E-state index contributed by atoms with van der Waals surface area (Å²) in [5, 5.41) is 8.67. The molecule has 0 aliphatic carbocycles. The quantitative estimate of drug-likeness (QED) is 0.174. The molecule has 1 unspecified atom stereocenters. The number of aliphatic hydroxyl groups excluding tert-OH is 1. The molecule has 0 aliphatic heterocycles. The van der Waals surface area contributed by atoms with Crippen molar-refractivity contribution >= 4 is 18.2 Å². The first-order chi connectivity index (χ1) is 16.1. The SMILES string of the molecule is O=CCC(CC(=O)Oc1ccccc1)(OCCOCCOCCO)C(=O)Oc1ccccc1. The third-order valence-corrected chi connectivity index (χ3v) is 4.36. The second-order valence-corrected chi connectivity index (χ2v) is 6.83. The van der Waals surface area contributed by atoms with E-state index in [4.69, 9.17) is 28.8 Å². The number of rotatable bonds is 16. The largest absolute Gasteiger partial charge is 0.426 e. The summed E-state index contributed by atoms with van der Waals surface area (Å²) in [6.07, 6.45) is -0.459. The minimum absolute atomic E-state index is 0.0788. The zero-order valence-electron chi connectivity index (χ0n) is 18.2. The van der Waals surface area contributed by atoms with Gasteiger partial charge in [0.05, 0.1) is 46.1 Å². The molecule has 1 N–H and O–H groups in total. The summed E-state index contributed by atoms with van der Waals surface area (Å²) in [6, 6.07) is 16.6. The van der Waals surface area contributed by atoms with Crippen LogP contribution in [-0.4, -0.2) is 68.6 Å². The molecule has 0 aliphatic rings. The molecule has 0 heterocycles. The zero-order chi connectivity index (χ0) is 23.8. The molecule has 2 aromatic rings. The maximum atomic E-state index is 13.1. The molecule has 0 amide bonds. The van der Waals surface area contributed by atoms with Gasteiger partial charge in [0.15, 0.2) is 5.60 Å². The van der Waals surface area contributed by atoms with Crippen molar-refractivity contribution in [3.63, 3.8) is 0 Å². The van der Waals surface area contributed by atoms with Crippen molar-refractivity contribution in [3.8, 4) is 11.5 Å². The van der Waals surface area contributed by atoms with E-state index in [0.717, 1.165) is 0 Å². The van der Waals surface area contributed by atoms with Crippen molar-refractivity contribution in [2.45, 2.75) is 18.4 Å². The highest BCUT2D eigenvalue weighted by Crippen LogP contribution is 2.25. The number of hydrogen-bond acceptors (Lipinski definition) is 9. The molecule has 0 spiro atoms. The van der Waals surface area contributed by atoms with Gasteiger partial charge in [0, 0.05) is 6.42 Å². The number of carbonyl (C=O) groups is 3. The molecule has 0 radical (unpaired) electrons. The molecule has 2 rings (SSSR count). The predicted molar refractivity (Wildman–Crippen MR) is 117 cm³/mol. The Morgan fingerprint density at radius 3 is 1.91 bits per heavy atom. The number of carbonyl (C=O) groups excluding carboxylic acids is 3. The number of aliphatic hydroxyl groups is 1. The lowest BCUT2D eigenvalue weighted by Gasteiger charge is -2.29. The smallest absolute Gasteiger partial charge is 0.344 e. The summed E-state index contributed by atoms with van der Waals surface area (Å²) in [7, 11) is 0. The number of aldehydes is 1. The van der Waals surface area contributed by atoms with Crippen LogP contribution >= 0.6 is 0 Å². The van der Waals surface area contributed by atoms with Crippen LogP contribution in [0.2, 0.25) is 0 Å². The molecule has 0 bridgehead atoms. The molecule has 2 aromatic carbocycles. The number of para-hydroxylation sites is 2. The van der Waals surface area contributed by atoms with E-state index in [0.29, 0.717) is 12.0 Å². The maximum absolute atomic E-state index is 13.1. The van der Waals surface area contributed by atoms with Crippen LogP contribution in [0.5, 0.6) is 11.5 Å². The summed E-state index contributed by atoms with van der Waals surface area (Å²) in [4.78, 5) is 37.1. The van der Waals surface area contributed by atoms with Gasteiger partial charge in [0.25, 0.3) is 0 Å². The Labute approximate surface area is 192 Å². The van der Waals surface area contributed by atoms with Gasteiger partial charge in [-0.15, -0.1) is 0 Å². The van der Waals surface area contributed by atoms with E-state index in [-0.39, 0.29) is 45.4 Å². The van der Waals surface area contributed by atoms with Crippen LogP contribution in [0.15, 0.2) is 60.7 Å². The molecular formula is C24H28O9. The fourth-order valence-electron chi connectivity index (χ4n) is 2.79. The molecule has 33 heavy (non-hydrogen) atoms. The van der Waals surface area contributed by atoms with Crippen LogP contribution < -0.4 is 9.47 Å². The van der Waals surface area contributed by atoms with E-state index in [1.807, 2.05) is 0 Å². The van der Waals surface area contributed by atoms with E-state index in [9.17, 15) is 14.4 Å². The Kier molecular flexibility index (Phi) is 11.8. The third-order valence-electron chi connectivity index (χ3n) is 4.36. The molecule has 178 valence electrons. The number of esters is 2. The lowest BCUT2D eigenvalue weighted by Crippen LogP contribution is -2.48. The van der Waals surface area contributed by atoms with Crippen molar-refractivity contribution in [2.24, 2.45) is 0 Å². The minimum atomic E-state index is -1.89. The average molecular weight is 460 g/mol. The summed E-state index contributed by atoms with van der Waals surface area (Å²) in [5.41, 5.74) is -1.89. The fraction of sp³-hybridized carbons (Fsp3) is 0.375. The van der Waals surface area contributed by atoms with Crippen LogP contribution in [-0.2, 0) is 28.6 Å². The third kappa shape index (κ3) is 9.50. The topological polar surface area (TPSA) is 118 Å². The standard InChI is InChI=1S/C24H28O9/c25-12-11-24(23(28)33-21-9-5-2-6-10-21,31-18-17-30-16-15-29-14-13-26)19-22(27)32-20-7-3-1-4-8-20/h1-10,12,26H,11,13-19H2. The van der Waals surface area contributed by atoms with Gasteiger partial charge in [-0.2, -0.15) is 0 Å². The first-order valence-corrected chi connectivity index (χ1v) is 10.5. The van der Waals surface area contributed by atoms with E-state index >= 15 is 0 Å². The molecule has 0 saturated carbocycles. The number of hydrogen-bond donors (Lipinski definition) is 1. The van der Waals surface area contributed by atoms with Gasteiger partial charge in [0.1, 0.15) is 17.8 Å². The Balaban J connectivity index is 2.06. The summed E-state index contributed by atoms with van der Waals surface area (Å²) >= 11 is 0. The molecular weight excluding hydrogens is 432 g/mol. The van der Waals surface area contributed by atoms with Crippen molar-refractivity contribution < 1.29 is 43.2 Å². The number of benzene rings is 2. The van der Waals surface area contributed by atoms with Crippen LogP contribution in [0.4, 0.5) is 0 Å². The molecule has 9 heteroatoms. The normalized spacial score (nSPS) is 12.5. The number of ether oxygens (including phenoxy) is 5. The Hall–Kier alpha value is -3.11. The Morgan fingerprint density at radius 1 is 0.788 bits per heavy atom. The second kappa shape index (κ2) is 14.9. The van der Waals surface area contributed by atoms with Gasteiger partial charge >= 0.3 is 11.9 Å². The first kappa shape index (κ1) is 26.1. The van der Waals surface area contributed by atoms with Gasteiger partial charge in [-0.05, 0) is 24.3 Å². The highest BCUT2D eigenvalue weighted by Gasteiger charge is 2.44. The highest BCUT2D eigenvalue weighted by molar-refractivity contribution is 5.90. The van der Waals surface area contributed by atoms with Gasteiger partial charge in [0.2, 0.25) is 0 Å². The maximum Gasteiger partial charge on any atom is 0.344 e. The molecule has 0 fully saturated rings. The summed E-state index contributed by atoms with van der Waals surface area (Å²) in [6.45, 7) is 0.636. The van der Waals surface area contributed by atoms with Crippen LogP contribution in [0.25, 0.3) is 0 Å². The lowest BCUT2D eigenvalue weighted by molar-refractivity contribution is -0.173. The zero-order valence-corrected chi connectivity index (χ0v) is 18.2. The van der Waals surface area contributed by atoms with Crippen molar-refractivity contribution in [1.29, 1.82) is 0 Å². The van der Waals surface area contributed by atoms with E-state index < -0.39 is 30.4 Å². The predicted octanol–water partition coefficient (Wildman–Crippen LogP) is 1.96.